The molecular formula is C24H15Br2NO3. The molecule has 1 aliphatic rings. The van der Waals surface area contributed by atoms with Crippen molar-refractivity contribution in [1.82, 2.24) is 0 Å². The Labute approximate surface area is 189 Å². The molecule has 0 N–H and O–H groups in total. The summed E-state index contributed by atoms with van der Waals surface area (Å²) in [5.41, 5.74) is 3.15. The van der Waals surface area contributed by atoms with Crippen LogP contribution < -0.4 is 10.3 Å². The Morgan fingerprint density at radius 2 is 1.67 bits per heavy atom. The van der Waals surface area contributed by atoms with E-state index in [1.54, 1.807) is 23.1 Å². The minimum absolute atomic E-state index is 0.0984. The smallest absolute Gasteiger partial charge is 0.295 e. The third-order valence-corrected chi connectivity index (χ3v) is 6.26. The van der Waals surface area contributed by atoms with Crippen LogP contribution in [0, 0.1) is 6.92 Å². The van der Waals surface area contributed by atoms with E-state index in [1.807, 2.05) is 55.5 Å². The number of amides is 1. The number of fused-ring (bicyclic) bond motifs is 2. The number of halogens is 2. The van der Waals surface area contributed by atoms with Crippen molar-refractivity contribution in [1.29, 1.82) is 0 Å². The summed E-state index contributed by atoms with van der Waals surface area (Å²) in [5, 5.41) is 0.446. The SMILES string of the molecule is Cc1cccc(N2C(=O)c3oc4ccc(Br)cc4c(=O)c3C2c2cccc(Br)c2)c1. The van der Waals surface area contributed by atoms with Gasteiger partial charge < -0.3 is 4.42 Å². The van der Waals surface area contributed by atoms with Gasteiger partial charge >= 0.3 is 0 Å². The minimum atomic E-state index is -0.577. The summed E-state index contributed by atoms with van der Waals surface area (Å²) in [7, 11) is 0. The molecule has 1 aliphatic heterocycles. The van der Waals surface area contributed by atoms with Crippen molar-refractivity contribution in [2.45, 2.75) is 13.0 Å². The number of aryl methyl sites for hydroxylation is 1. The second-order valence-corrected chi connectivity index (χ2v) is 9.12. The average molecular weight is 525 g/mol. The van der Waals surface area contributed by atoms with Gasteiger partial charge in [-0.15, -0.1) is 0 Å². The second kappa shape index (κ2) is 7.22. The van der Waals surface area contributed by atoms with E-state index < -0.39 is 6.04 Å². The van der Waals surface area contributed by atoms with Crippen LogP contribution in [0.1, 0.15) is 33.3 Å². The third-order valence-electron chi connectivity index (χ3n) is 5.28. The molecule has 4 aromatic rings. The standard InChI is InChI=1S/C24H15Br2NO3/c1-13-4-2-7-17(10-13)27-21(14-5-3-6-15(25)11-14)20-22(28)18-12-16(26)8-9-19(18)30-23(20)24(27)29/h2-12,21H,1H3. The number of carbonyl (C=O) groups is 1. The van der Waals surface area contributed by atoms with Crippen molar-refractivity contribution in [3.8, 4) is 0 Å². The number of carbonyl (C=O) groups excluding carboxylic acids is 1. The lowest BCUT2D eigenvalue weighted by Gasteiger charge is -2.25. The summed E-state index contributed by atoms with van der Waals surface area (Å²) in [5.74, 6) is -0.219. The molecule has 3 aromatic carbocycles. The highest BCUT2D eigenvalue weighted by Crippen LogP contribution is 2.42. The van der Waals surface area contributed by atoms with E-state index in [1.165, 1.54) is 0 Å². The average Bonchev–Trinajstić information content (AvgIpc) is 3.01. The van der Waals surface area contributed by atoms with E-state index in [4.69, 9.17) is 4.42 Å². The maximum absolute atomic E-state index is 13.6. The zero-order valence-electron chi connectivity index (χ0n) is 15.9. The number of hydrogen-bond donors (Lipinski definition) is 0. The van der Waals surface area contributed by atoms with E-state index in [0.717, 1.165) is 25.8 Å². The molecule has 0 saturated carbocycles. The van der Waals surface area contributed by atoms with Crippen LogP contribution in [0.15, 0.2) is 84.9 Å². The van der Waals surface area contributed by atoms with E-state index >= 15 is 0 Å². The van der Waals surface area contributed by atoms with Gasteiger partial charge in [0.1, 0.15) is 5.58 Å². The lowest BCUT2D eigenvalue weighted by molar-refractivity contribution is 0.0971. The molecule has 0 saturated heterocycles. The predicted octanol–water partition coefficient (Wildman–Crippen LogP) is 6.38. The molecule has 0 fully saturated rings. The van der Waals surface area contributed by atoms with Gasteiger partial charge in [0.05, 0.1) is 17.0 Å². The van der Waals surface area contributed by atoms with Crippen LogP contribution in [0.5, 0.6) is 0 Å². The summed E-state index contributed by atoms with van der Waals surface area (Å²) in [4.78, 5) is 28.7. The fourth-order valence-corrected chi connectivity index (χ4v) is 4.76. The van der Waals surface area contributed by atoms with Crippen molar-refractivity contribution in [2.24, 2.45) is 0 Å². The van der Waals surface area contributed by atoms with E-state index in [0.29, 0.717) is 16.5 Å². The van der Waals surface area contributed by atoms with Gasteiger partial charge in [0, 0.05) is 14.6 Å². The van der Waals surface area contributed by atoms with Gasteiger partial charge in [-0.2, -0.15) is 0 Å². The molecule has 1 atom stereocenters. The van der Waals surface area contributed by atoms with Gasteiger partial charge in [0.2, 0.25) is 5.76 Å². The molecule has 2 heterocycles. The van der Waals surface area contributed by atoms with Gasteiger partial charge in [-0.25, -0.2) is 0 Å². The normalized spacial score (nSPS) is 15.6. The molecule has 0 aliphatic carbocycles. The molecule has 1 amide bonds. The highest BCUT2D eigenvalue weighted by atomic mass is 79.9. The molecule has 0 spiro atoms. The van der Waals surface area contributed by atoms with Crippen molar-refractivity contribution in [2.75, 3.05) is 4.90 Å². The van der Waals surface area contributed by atoms with Gasteiger partial charge in [-0.05, 0) is 60.5 Å². The molecule has 6 heteroatoms. The molecule has 148 valence electrons. The van der Waals surface area contributed by atoms with E-state index in [2.05, 4.69) is 31.9 Å². The maximum Gasteiger partial charge on any atom is 0.295 e. The Morgan fingerprint density at radius 3 is 2.43 bits per heavy atom. The zero-order valence-corrected chi connectivity index (χ0v) is 19.0. The van der Waals surface area contributed by atoms with E-state index in [9.17, 15) is 9.59 Å². The Morgan fingerprint density at radius 1 is 0.900 bits per heavy atom. The topological polar surface area (TPSA) is 50.5 Å². The molecule has 4 nitrogen and oxygen atoms in total. The van der Waals surface area contributed by atoms with Crippen LogP contribution in [-0.4, -0.2) is 5.91 Å². The molecule has 1 unspecified atom stereocenters. The van der Waals surface area contributed by atoms with Crippen molar-refractivity contribution >= 4 is 54.4 Å². The monoisotopic (exact) mass is 523 g/mol. The van der Waals surface area contributed by atoms with Crippen LogP contribution >= 0.6 is 31.9 Å². The van der Waals surface area contributed by atoms with Crippen molar-refractivity contribution < 1.29 is 9.21 Å². The maximum atomic E-state index is 13.6. The highest BCUT2D eigenvalue weighted by molar-refractivity contribution is 9.10. The second-order valence-electron chi connectivity index (χ2n) is 7.29. The van der Waals surface area contributed by atoms with Gasteiger partial charge in [-0.1, -0.05) is 56.1 Å². The molecule has 0 radical (unpaired) electrons. The summed E-state index contributed by atoms with van der Waals surface area (Å²) in [6, 6.07) is 20.0. The number of anilines is 1. The highest BCUT2D eigenvalue weighted by Gasteiger charge is 2.43. The number of rotatable bonds is 2. The molecular weight excluding hydrogens is 510 g/mol. The van der Waals surface area contributed by atoms with Crippen LogP contribution in [0.3, 0.4) is 0 Å². The van der Waals surface area contributed by atoms with Crippen molar-refractivity contribution in [3.63, 3.8) is 0 Å². The van der Waals surface area contributed by atoms with Gasteiger partial charge in [-0.3, -0.25) is 14.5 Å². The molecule has 5 rings (SSSR count). The van der Waals surface area contributed by atoms with Gasteiger partial charge in [0.25, 0.3) is 5.91 Å². The quantitative estimate of drug-likeness (QED) is 0.306. The Kier molecular flexibility index (Phi) is 4.64. The summed E-state index contributed by atoms with van der Waals surface area (Å²) < 4.78 is 7.64. The Hall–Kier alpha value is -2.70. The molecule has 1 aromatic heterocycles. The summed E-state index contributed by atoms with van der Waals surface area (Å²) >= 11 is 6.93. The first-order chi connectivity index (χ1) is 14.4. The first-order valence-electron chi connectivity index (χ1n) is 9.36. The minimum Gasteiger partial charge on any atom is -0.450 e. The largest absolute Gasteiger partial charge is 0.450 e. The van der Waals surface area contributed by atoms with Crippen LogP contribution in [-0.2, 0) is 0 Å². The molecule has 0 bridgehead atoms. The van der Waals surface area contributed by atoms with Crippen LogP contribution in [0.2, 0.25) is 0 Å². The molecule has 30 heavy (non-hydrogen) atoms. The lowest BCUT2D eigenvalue weighted by Crippen LogP contribution is -2.29. The number of nitrogens with zero attached hydrogens (tertiary/aromatic N) is 1. The Balaban J connectivity index is 1.84. The van der Waals surface area contributed by atoms with Crippen molar-refractivity contribution in [3.05, 3.63) is 108 Å². The number of hydrogen-bond acceptors (Lipinski definition) is 3. The first kappa shape index (κ1) is 19.3. The third kappa shape index (κ3) is 3.02. The first-order valence-corrected chi connectivity index (χ1v) is 10.9. The van der Waals surface area contributed by atoms with Gasteiger partial charge in [0.15, 0.2) is 5.43 Å². The zero-order chi connectivity index (χ0) is 21.0. The summed E-state index contributed by atoms with van der Waals surface area (Å²) in [6.07, 6.45) is 0. The summed E-state index contributed by atoms with van der Waals surface area (Å²) in [6.45, 7) is 1.97. The predicted molar refractivity (Wildman–Crippen MR) is 124 cm³/mol. The fraction of sp³-hybridized carbons (Fsp3) is 0.0833. The van der Waals surface area contributed by atoms with Crippen LogP contribution in [0.25, 0.3) is 11.0 Å². The lowest BCUT2D eigenvalue weighted by atomic mass is 9.98. The van der Waals surface area contributed by atoms with E-state index in [-0.39, 0.29) is 17.1 Å². The van der Waals surface area contributed by atoms with Crippen LogP contribution in [0.4, 0.5) is 5.69 Å². The fourth-order valence-electron chi connectivity index (χ4n) is 3.98. The Bertz CT molecular complexity index is 1390. The number of benzene rings is 3.